The molecule has 0 atom stereocenters. The monoisotopic (exact) mass is 739 g/mol. The Kier molecular flexibility index (Phi) is 6.37. The van der Waals surface area contributed by atoms with E-state index in [-0.39, 0.29) is 0 Å². The van der Waals surface area contributed by atoms with Gasteiger partial charge in [-0.05, 0) is 110 Å². The minimum Gasteiger partial charge on any atom is -0.457 e. The number of benzene rings is 10. The lowest BCUT2D eigenvalue weighted by molar-refractivity contribution is 0.436. The van der Waals surface area contributed by atoms with Gasteiger partial charge in [-0.2, -0.15) is 0 Å². The third-order valence-corrected chi connectivity index (χ3v) is 12.7. The molecule has 270 valence electrons. The fourth-order valence-corrected chi connectivity index (χ4v) is 10.2. The molecule has 0 N–H and O–H groups in total. The van der Waals surface area contributed by atoms with Crippen LogP contribution in [0.3, 0.4) is 0 Å². The number of para-hydroxylation sites is 2. The third-order valence-electron chi connectivity index (χ3n) is 12.7. The Bertz CT molecular complexity index is 3480. The second-order valence-corrected chi connectivity index (χ2v) is 15.6. The zero-order valence-corrected chi connectivity index (χ0v) is 31.3. The maximum atomic E-state index is 6.84. The van der Waals surface area contributed by atoms with Gasteiger partial charge in [0, 0.05) is 44.3 Å². The first kappa shape index (κ1) is 31.6. The van der Waals surface area contributed by atoms with Crippen LogP contribution in [0.1, 0.15) is 22.3 Å². The Balaban J connectivity index is 1.09. The Morgan fingerprint density at radius 2 is 0.897 bits per heavy atom. The number of fused-ring (bicyclic) bond motifs is 17. The Hall–Kier alpha value is -7.62. The second-order valence-electron chi connectivity index (χ2n) is 15.6. The van der Waals surface area contributed by atoms with Crippen molar-refractivity contribution in [2.75, 3.05) is 4.90 Å². The average molecular weight is 740 g/mol. The van der Waals surface area contributed by atoms with Gasteiger partial charge < -0.3 is 14.1 Å². The van der Waals surface area contributed by atoms with E-state index in [1.54, 1.807) is 0 Å². The second kappa shape index (κ2) is 11.7. The van der Waals surface area contributed by atoms with Gasteiger partial charge in [-0.15, -0.1) is 0 Å². The van der Waals surface area contributed by atoms with Crippen molar-refractivity contribution in [1.82, 2.24) is 0 Å². The molecule has 0 bridgehead atoms. The normalized spacial score (nSPS) is 13.4. The number of nitrogens with zero attached hydrogens (tertiary/aromatic N) is 1. The highest BCUT2D eigenvalue weighted by Crippen LogP contribution is 2.62. The van der Waals surface area contributed by atoms with E-state index in [4.69, 9.17) is 9.15 Å². The number of furan rings is 1. The third kappa shape index (κ3) is 4.22. The van der Waals surface area contributed by atoms with Crippen LogP contribution in [0.2, 0.25) is 0 Å². The molecule has 10 aromatic carbocycles. The van der Waals surface area contributed by atoms with E-state index in [1.165, 1.54) is 43.8 Å². The molecule has 2 heterocycles. The van der Waals surface area contributed by atoms with Gasteiger partial charge in [0.25, 0.3) is 0 Å². The molecule has 58 heavy (non-hydrogen) atoms. The summed E-state index contributed by atoms with van der Waals surface area (Å²) in [6.45, 7) is 0. The highest BCUT2D eigenvalue weighted by molar-refractivity contribution is 6.16. The summed E-state index contributed by atoms with van der Waals surface area (Å²) in [5, 5.41) is 9.37. The van der Waals surface area contributed by atoms with E-state index in [2.05, 4.69) is 199 Å². The van der Waals surface area contributed by atoms with Gasteiger partial charge in [-0.1, -0.05) is 140 Å². The minimum absolute atomic E-state index is 0.578. The van der Waals surface area contributed by atoms with Crippen LogP contribution in [0.4, 0.5) is 17.1 Å². The molecule has 13 rings (SSSR count). The van der Waals surface area contributed by atoms with Crippen molar-refractivity contribution in [3.05, 3.63) is 222 Å². The van der Waals surface area contributed by atoms with Crippen molar-refractivity contribution in [2.45, 2.75) is 5.41 Å². The van der Waals surface area contributed by atoms with Crippen molar-refractivity contribution in [3.63, 3.8) is 0 Å². The molecule has 0 unspecified atom stereocenters. The summed E-state index contributed by atoms with van der Waals surface area (Å²) < 4.78 is 13.5. The van der Waals surface area contributed by atoms with E-state index in [9.17, 15) is 0 Å². The molecule has 0 radical (unpaired) electrons. The van der Waals surface area contributed by atoms with E-state index in [1.807, 2.05) is 6.07 Å². The summed E-state index contributed by atoms with van der Waals surface area (Å²) >= 11 is 0. The summed E-state index contributed by atoms with van der Waals surface area (Å²) in [4.78, 5) is 2.40. The smallest absolute Gasteiger partial charge is 0.143 e. The van der Waals surface area contributed by atoms with E-state index < -0.39 is 5.41 Å². The lowest BCUT2D eigenvalue weighted by Crippen LogP contribution is -2.32. The largest absolute Gasteiger partial charge is 0.457 e. The summed E-state index contributed by atoms with van der Waals surface area (Å²) in [6, 6.07) is 72.6. The molecule has 1 spiro atoms. The molecule has 2 aliphatic rings. The number of hydrogen-bond acceptors (Lipinski definition) is 3. The van der Waals surface area contributed by atoms with Crippen LogP contribution in [-0.2, 0) is 5.41 Å². The van der Waals surface area contributed by atoms with Gasteiger partial charge >= 0.3 is 0 Å². The standard InChI is InChI=1S/C55H33NO2/c1-2-12-40-34(11-1)21-22-36-31-37(26-29-41(36)40)56(38-25-23-35-24-28-45-44-15-5-9-19-51(44)58-54(45)46(35)32-38)39-27-30-53-50(33-39)55(49-18-8-10-20-52(49)57-53)47-16-6-3-13-42(47)43-14-4-7-17-48(43)55/h1-33H. The quantitative estimate of drug-likeness (QED) is 0.169. The van der Waals surface area contributed by atoms with Gasteiger partial charge in [0.1, 0.15) is 22.7 Å². The molecule has 0 saturated heterocycles. The van der Waals surface area contributed by atoms with Crippen LogP contribution in [0.5, 0.6) is 11.5 Å². The van der Waals surface area contributed by atoms with Gasteiger partial charge in [-0.3, -0.25) is 0 Å². The van der Waals surface area contributed by atoms with Crippen molar-refractivity contribution in [1.29, 1.82) is 0 Å². The van der Waals surface area contributed by atoms with Crippen molar-refractivity contribution in [2.24, 2.45) is 0 Å². The zero-order valence-electron chi connectivity index (χ0n) is 31.3. The molecular formula is C55H33NO2. The maximum absolute atomic E-state index is 6.84. The number of ether oxygens (including phenoxy) is 1. The number of anilines is 3. The fourth-order valence-electron chi connectivity index (χ4n) is 10.2. The molecule has 3 heteroatoms. The predicted molar refractivity (Wildman–Crippen MR) is 238 cm³/mol. The van der Waals surface area contributed by atoms with Crippen molar-refractivity contribution >= 4 is 71.3 Å². The summed E-state index contributed by atoms with van der Waals surface area (Å²) in [6.07, 6.45) is 0. The van der Waals surface area contributed by atoms with Crippen LogP contribution in [-0.4, -0.2) is 0 Å². The van der Waals surface area contributed by atoms with Crippen LogP contribution < -0.4 is 9.64 Å². The van der Waals surface area contributed by atoms with Gasteiger partial charge in [0.2, 0.25) is 0 Å². The van der Waals surface area contributed by atoms with Crippen molar-refractivity contribution < 1.29 is 9.15 Å². The lowest BCUT2D eigenvalue weighted by Gasteiger charge is -2.40. The molecule has 1 aromatic heterocycles. The van der Waals surface area contributed by atoms with Crippen molar-refractivity contribution in [3.8, 4) is 22.6 Å². The molecule has 0 saturated carbocycles. The first-order valence-corrected chi connectivity index (χ1v) is 19.9. The highest BCUT2D eigenvalue weighted by atomic mass is 16.5. The summed E-state index contributed by atoms with van der Waals surface area (Å²) in [5.74, 6) is 1.75. The molecule has 3 nitrogen and oxygen atoms in total. The van der Waals surface area contributed by atoms with Crippen LogP contribution >= 0.6 is 0 Å². The van der Waals surface area contributed by atoms with Gasteiger partial charge in [0.15, 0.2) is 0 Å². The molecular weight excluding hydrogens is 707 g/mol. The van der Waals surface area contributed by atoms with Crippen LogP contribution in [0, 0.1) is 0 Å². The zero-order chi connectivity index (χ0) is 38.0. The average Bonchev–Trinajstić information content (AvgIpc) is 3.81. The molecule has 1 aliphatic carbocycles. The maximum Gasteiger partial charge on any atom is 0.143 e. The molecule has 11 aromatic rings. The van der Waals surface area contributed by atoms with Gasteiger partial charge in [-0.25, -0.2) is 0 Å². The number of hydrogen-bond donors (Lipinski definition) is 0. The molecule has 1 aliphatic heterocycles. The Morgan fingerprint density at radius 3 is 1.76 bits per heavy atom. The highest BCUT2D eigenvalue weighted by Gasteiger charge is 2.51. The van der Waals surface area contributed by atoms with E-state index in [0.29, 0.717) is 0 Å². The van der Waals surface area contributed by atoms with Crippen LogP contribution in [0.25, 0.3) is 65.4 Å². The topological polar surface area (TPSA) is 25.6 Å². The molecule has 0 amide bonds. The molecule has 0 fully saturated rings. The SMILES string of the molecule is c1ccc2c(c1)Oc1ccc(N(c3ccc4c(ccc5ccccc54)c3)c3ccc4ccc5c6ccccc6oc5c4c3)cc1C21c2ccccc2-c2ccccc21. The number of rotatable bonds is 3. The Labute approximate surface area is 334 Å². The van der Waals surface area contributed by atoms with E-state index >= 15 is 0 Å². The minimum atomic E-state index is -0.578. The van der Waals surface area contributed by atoms with E-state index in [0.717, 1.165) is 72.4 Å². The first-order valence-electron chi connectivity index (χ1n) is 19.9. The first-order chi connectivity index (χ1) is 28.7. The Morgan fingerprint density at radius 1 is 0.345 bits per heavy atom. The summed E-state index contributed by atoms with van der Waals surface area (Å²) in [5.41, 5.74) is 11.7. The fraction of sp³-hybridized carbons (Fsp3) is 0.0182. The lowest BCUT2D eigenvalue weighted by atomic mass is 9.66. The van der Waals surface area contributed by atoms with Crippen LogP contribution in [0.15, 0.2) is 205 Å². The summed E-state index contributed by atoms with van der Waals surface area (Å²) in [7, 11) is 0. The predicted octanol–water partition coefficient (Wildman–Crippen LogP) is 15.0. The van der Waals surface area contributed by atoms with Gasteiger partial charge in [0.05, 0.1) is 5.41 Å².